The average Bonchev–Trinajstić information content (AvgIpc) is 2.62. The molecule has 2 atom stereocenters. The molecule has 136 valence electrons. The molecular weight excluding hydrogens is 324 g/mol. The fraction of sp³-hybridized carbons (Fsp3) is 0.368. The minimum absolute atomic E-state index is 0.172. The Hall–Kier alpha value is -1.86. The van der Waals surface area contributed by atoms with E-state index in [1.54, 1.807) is 38.4 Å². The number of nitrogens with one attached hydrogen (secondary N) is 2. The first kappa shape index (κ1) is 19.5. The summed E-state index contributed by atoms with van der Waals surface area (Å²) in [6.07, 6.45) is -0.0468. The lowest BCUT2D eigenvalue weighted by atomic mass is 10.0. The zero-order valence-corrected chi connectivity index (χ0v) is 14.5. The summed E-state index contributed by atoms with van der Waals surface area (Å²) in [7, 11) is 3.58. The lowest BCUT2D eigenvalue weighted by molar-refractivity contribution is 0.0586. The molecule has 0 saturated heterocycles. The minimum atomic E-state index is -0.636. The van der Waals surface area contributed by atoms with Gasteiger partial charge in [-0.05, 0) is 55.9 Å². The van der Waals surface area contributed by atoms with Gasteiger partial charge in [0, 0.05) is 19.1 Å². The van der Waals surface area contributed by atoms with Crippen molar-refractivity contribution >= 4 is 0 Å². The van der Waals surface area contributed by atoms with Gasteiger partial charge in [0.1, 0.15) is 11.6 Å². The number of nitrogens with zero attached hydrogens (tertiary/aromatic N) is 1. The molecule has 0 fully saturated rings. The highest BCUT2D eigenvalue weighted by Gasteiger charge is 2.20. The topological polar surface area (TPSA) is 47.5 Å². The van der Waals surface area contributed by atoms with Crippen LogP contribution in [0.15, 0.2) is 48.5 Å². The molecule has 6 heteroatoms. The van der Waals surface area contributed by atoms with Crippen molar-refractivity contribution in [2.75, 3.05) is 20.6 Å². The molecule has 2 aromatic rings. The smallest absolute Gasteiger partial charge is 0.123 e. The van der Waals surface area contributed by atoms with E-state index in [4.69, 9.17) is 0 Å². The van der Waals surface area contributed by atoms with Gasteiger partial charge >= 0.3 is 0 Å². The maximum absolute atomic E-state index is 13.0. The van der Waals surface area contributed by atoms with Crippen LogP contribution in [0, 0.1) is 11.6 Å². The van der Waals surface area contributed by atoms with Crippen molar-refractivity contribution in [1.82, 2.24) is 15.8 Å². The Balaban J connectivity index is 1.94. The van der Waals surface area contributed by atoms with Crippen LogP contribution >= 0.6 is 0 Å². The highest BCUT2D eigenvalue weighted by Crippen LogP contribution is 2.10. The largest absolute Gasteiger partial charge is 0.390 e. The van der Waals surface area contributed by atoms with E-state index in [0.717, 1.165) is 11.1 Å². The number of hydrazine groups is 1. The maximum Gasteiger partial charge on any atom is 0.123 e. The Morgan fingerprint density at radius 3 is 1.92 bits per heavy atom. The zero-order valence-electron chi connectivity index (χ0n) is 14.5. The molecule has 0 aliphatic carbocycles. The van der Waals surface area contributed by atoms with E-state index < -0.39 is 6.10 Å². The highest BCUT2D eigenvalue weighted by atomic mass is 19.1. The average molecular weight is 349 g/mol. The Labute approximate surface area is 147 Å². The SMILES string of the molecule is CNC(Cc1ccc(F)cc1)[C@@H](O)CN(Cc1ccc(F)cc1)NC. The first-order chi connectivity index (χ1) is 12.0. The molecule has 0 aliphatic heterocycles. The number of benzene rings is 2. The van der Waals surface area contributed by atoms with Crippen LogP contribution in [0.4, 0.5) is 8.78 Å². The van der Waals surface area contributed by atoms with Crippen LogP contribution in [0.1, 0.15) is 11.1 Å². The highest BCUT2D eigenvalue weighted by molar-refractivity contribution is 5.18. The lowest BCUT2D eigenvalue weighted by Crippen LogP contribution is -2.49. The second-order valence-electron chi connectivity index (χ2n) is 6.02. The van der Waals surface area contributed by atoms with E-state index >= 15 is 0 Å². The molecule has 0 amide bonds. The fourth-order valence-electron chi connectivity index (χ4n) is 2.70. The quantitative estimate of drug-likeness (QED) is 0.607. The predicted molar refractivity (Wildman–Crippen MR) is 94.8 cm³/mol. The van der Waals surface area contributed by atoms with Gasteiger partial charge in [0.25, 0.3) is 0 Å². The molecule has 2 rings (SSSR count). The van der Waals surface area contributed by atoms with Crippen molar-refractivity contribution < 1.29 is 13.9 Å². The Kier molecular flexibility index (Phi) is 7.46. The van der Waals surface area contributed by atoms with Crippen LogP contribution in [-0.2, 0) is 13.0 Å². The second-order valence-corrected chi connectivity index (χ2v) is 6.02. The first-order valence-corrected chi connectivity index (χ1v) is 8.28. The molecule has 0 spiro atoms. The van der Waals surface area contributed by atoms with Gasteiger partial charge in [-0.2, -0.15) is 0 Å². The monoisotopic (exact) mass is 349 g/mol. The van der Waals surface area contributed by atoms with Crippen LogP contribution in [0.2, 0.25) is 0 Å². The van der Waals surface area contributed by atoms with Gasteiger partial charge in [0.05, 0.1) is 6.10 Å². The molecule has 0 saturated carbocycles. The fourth-order valence-corrected chi connectivity index (χ4v) is 2.70. The minimum Gasteiger partial charge on any atom is -0.390 e. The van der Waals surface area contributed by atoms with Crippen LogP contribution in [0.5, 0.6) is 0 Å². The third-order valence-corrected chi connectivity index (χ3v) is 4.21. The van der Waals surface area contributed by atoms with E-state index in [0.29, 0.717) is 19.5 Å². The molecule has 25 heavy (non-hydrogen) atoms. The van der Waals surface area contributed by atoms with E-state index in [9.17, 15) is 13.9 Å². The number of hydrogen-bond acceptors (Lipinski definition) is 4. The van der Waals surface area contributed by atoms with E-state index in [1.807, 2.05) is 5.01 Å². The van der Waals surface area contributed by atoms with Crippen molar-refractivity contribution in [3.63, 3.8) is 0 Å². The van der Waals surface area contributed by atoms with Crippen LogP contribution < -0.4 is 10.7 Å². The van der Waals surface area contributed by atoms with Gasteiger partial charge < -0.3 is 10.4 Å². The summed E-state index contributed by atoms with van der Waals surface area (Å²) in [6, 6.07) is 12.4. The van der Waals surface area contributed by atoms with Gasteiger partial charge in [-0.25, -0.2) is 13.8 Å². The van der Waals surface area contributed by atoms with E-state index in [1.165, 1.54) is 24.3 Å². The summed E-state index contributed by atoms with van der Waals surface area (Å²) in [5.41, 5.74) is 4.95. The third kappa shape index (κ3) is 6.17. The van der Waals surface area contributed by atoms with Crippen LogP contribution in [0.25, 0.3) is 0 Å². The Bertz CT molecular complexity index is 634. The summed E-state index contributed by atoms with van der Waals surface area (Å²) in [5.74, 6) is -0.541. The number of aliphatic hydroxyl groups excluding tert-OH is 1. The van der Waals surface area contributed by atoms with Crippen molar-refractivity contribution in [2.24, 2.45) is 0 Å². The molecule has 0 aliphatic rings. The molecule has 4 nitrogen and oxygen atoms in total. The van der Waals surface area contributed by atoms with Crippen molar-refractivity contribution in [3.8, 4) is 0 Å². The van der Waals surface area contributed by atoms with Gasteiger partial charge in [-0.1, -0.05) is 24.3 Å². The van der Waals surface area contributed by atoms with Crippen LogP contribution in [-0.4, -0.2) is 42.9 Å². The normalized spacial score (nSPS) is 13.8. The zero-order chi connectivity index (χ0) is 18.2. The summed E-state index contributed by atoms with van der Waals surface area (Å²) in [5, 5.41) is 15.6. The van der Waals surface area contributed by atoms with Crippen molar-refractivity contribution in [3.05, 3.63) is 71.3 Å². The molecule has 0 radical (unpaired) electrons. The Morgan fingerprint density at radius 2 is 1.44 bits per heavy atom. The molecule has 2 aromatic carbocycles. The molecule has 1 unspecified atom stereocenters. The molecule has 0 heterocycles. The van der Waals surface area contributed by atoms with E-state index in [2.05, 4.69) is 10.7 Å². The number of halogens is 2. The van der Waals surface area contributed by atoms with Gasteiger partial charge in [0.2, 0.25) is 0 Å². The number of hydrogen-bond donors (Lipinski definition) is 3. The number of likely N-dealkylation sites (N-methyl/N-ethyl adjacent to an activating group) is 1. The third-order valence-electron chi connectivity index (χ3n) is 4.21. The van der Waals surface area contributed by atoms with Gasteiger partial charge in [0.15, 0.2) is 0 Å². The maximum atomic E-state index is 13.0. The van der Waals surface area contributed by atoms with Crippen LogP contribution in [0.3, 0.4) is 0 Å². The molecule has 0 bridgehead atoms. The van der Waals surface area contributed by atoms with Crippen molar-refractivity contribution in [1.29, 1.82) is 0 Å². The molecule has 3 N–H and O–H groups in total. The Morgan fingerprint density at radius 1 is 0.920 bits per heavy atom. The number of rotatable bonds is 9. The summed E-state index contributed by atoms with van der Waals surface area (Å²) in [6.45, 7) is 0.932. The lowest BCUT2D eigenvalue weighted by Gasteiger charge is -2.29. The van der Waals surface area contributed by atoms with Gasteiger partial charge in [-0.15, -0.1) is 0 Å². The standard InChI is InChI=1S/C19H25F2N3O/c1-22-18(11-14-3-7-16(20)8-4-14)19(25)13-24(23-2)12-15-5-9-17(21)10-6-15/h3-10,18-19,22-23,25H,11-13H2,1-2H3/t18?,19-/m0/s1. The van der Waals surface area contributed by atoms with Crippen molar-refractivity contribution in [2.45, 2.75) is 25.1 Å². The second kappa shape index (κ2) is 9.58. The summed E-state index contributed by atoms with van der Waals surface area (Å²) < 4.78 is 26.0. The number of aliphatic hydroxyl groups is 1. The summed E-state index contributed by atoms with van der Waals surface area (Å²) >= 11 is 0. The van der Waals surface area contributed by atoms with E-state index in [-0.39, 0.29) is 17.7 Å². The van der Waals surface area contributed by atoms with Gasteiger partial charge in [-0.3, -0.25) is 5.43 Å². The first-order valence-electron chi connectivity index (χ1n) is 8.28. The predicted octanol–water partition coefficient (Wildman–Crippen LogP) is 2.09. The summed E-state index contributed by atoms with van der Waals surface area (Å²) in [4.78, 5) is 0. The molecule has 0 aromatic heterocycles. The molecular formula is C19H25F2N3O.